The first kappa shape index (κ1) is 12.3. The molecule has 3 heteroatoms. The normalized spacial score (nSPS) is 13.5. The summed E-state index contributed by atoms with van der Waals surface area (Å²) in [7, 11) is 0. The first-order valence-corrected chi connectivity index (χ1v) is 5.45. The van der Waals surface area contributed by atoms with Crippen molar-refractivity contribution in [3.05, 3.63) is 0 Å². The van der Waals surface area contributed by atoms with Crippen LogP contribution in [0.4, 0.5) is 8.78 Å². The monoisotopic (exact) mass is 242 g/mol. The summed E-state index contributed by atoms with van der Waals surface area (Å²) in [5, 5.41) is 0.663. The Hall–Kier alpha value is 0.340. The first-order valence-electron chi connectivity index (χ1n) is 4.33. The molecule has 0 radical (unpaired) electrons. The van der Waals surface area contributed by atoms with Gasteiger partial charge in [-0.25, -0.2) is 8.78 Å². The molecular formula is C9H17BrF2. The van der Waals surface area contributed by atoms with Gasteiger partial charge in [-0.05, 0) is 25.2 Å². The van der Waals surface area contributed by atoms with Gasteiger partial charge < -0.3 is 0 Å². The fourth-order valence-electron chi connectivity index (χ4n) is 1.39. The third kappa shape index (κ3) is 3.83. The molecule has 0 N–H and O–H groups in total. The molecule has 0 nitrogen and oxygen atoms in total. The maximum atomic E-state index is 12.8. The minimum Gasteiger partial charge on any atom is -0.207 e. The maximum Gasteiger partial charge on any atom is 0.246 e. The molecule has 0 aromatic rings. The minimum absolute atomic E-state index is 0.0156. The van der Waals surface area contributed by atoms with Crippen LogP contribution >= 0.6 is 15.9 Å². The molecule has 0 unspecified atom stereocenters. The summed E-state index contributed by atoms with van der Waals surface area (Å²) in [6, 6.07) is 0. The van der Waals surface area contributed by atoms with E-state index in [0.29, 0.717) is 5.33 Å². The molecule has 0 aliphatic carbocycles. The van der Waals surface area contributed by atoms with E-state index in [1.165, 1.54) is 0 Å². The molecule has 74 valence electrons. The third-order valence-electron chi connectivity index (χ3n) is 2.47. The summed E-state index contributed by atoms with van der Waals surface area (Å²) in [4.78, 5) is 0. The molecule has 0 saturated carbocycles. The van der Waals surface area contributed by atoms with Crippen molar-refractivity contribution in [2.75, 3.05) is 5.33 Å². The Bertz CT molecular complexity index is 117. The fourth-order valence-corrected chi connectivity index (χ4v) is 2.39. The van der Waals surface area contributed by atoms with Crippen molar-refractivity contribution in [2.24, 2.45) is 5.41 Å². The highest BCUT2D eigenvalue weighted by Crippen LogP contribution is 2.39. The molecular weight excluding hydrogens is 226 g/mol. The lowest BCUT2D eigenvalue weighted by molar-refractivity contribution is -0.0258. The van der Waals surface area contributed by atoms with Gasteiger partial charge in [-0.15, -0.1) is 0 Å². The van der Waals surface area contributed by atoms with Crippen molar-refractivity contribution in [3.63, 3.8) is 0 Å². The average Bonchev–Trinajstić information content (AvgIpc) is 1.99. The van der Waals surface area contributed by atoms with E-state index in [1.807, 2.05) is 13.8 Å². The first-order chi connectivity index (χ1) is 5.39. The quantitative estimate of drug-likeness (QED) is 0.634. The zero-order valence-corrected chi connectivity index (χ0v) is 9.55. The lowest BCUT2D eigenvalue weighted by Crippen LogP contribution is -2.29. The van der Waals surface area contributed by atoms with Crippen molar-refractivity contribution in [1.29, 1.82) is 0 Å². The Kier molecular flexibility index (Phi) is 4.67. The molecule has 0 heterocycles. The number of hydrogen-bond acceptors (Lipinski definition) is 0. The average molecular weight is 243 g/mol. The van der Waals surface area contributed by atoms with Crippen molar-refractivity contribution < 1.29 is 8.78 Å². The minimum atomic E-state index is -2.54. The van der Waals surface area contributed by atoms with Crippen LogP contribution in [0.25, 0.3) is 0 Å². The molecule has 0 spiro atoms. The van der Waals surface area contributed by atoms with Gasteiger partial charge in [-0.1, -0.05) is 29.8 Å². The smallest absolute Gasteiger partial charge is 0.207 e. The highest BCUT2D eigenvalue weighted by Gasteiger charge is 2.35. The highest BCUT2D eigenvalue weighted by molar-refractivity contribution is 9.09. The summed E-state index contributed by atoms with van der Waals surface area (Å²) < 4.78 is 25.5. The predicted octanol–water partition coefficient (Wildman–Crippen LogP) is 4.23. The van der Waals surface area contributed by atoms with Gasteiger partial charge in [0.25, 0.3) is 0 Å². The molecule has 0 rings (SSSR count). The van der Waals surface area contributed by atoms with Gasteiger partial charge in [0.15, 0.2) is 0 Å². The summed E-state index contributed by atoms with van der Waals surface area (Å²) in [5.41, 5.74) is -0.224. The zero-order valence-electron chi connectivity index (χ0n) is 7.96. The van der Waals surface area contributed by atoms with Gasteiger partial charge in [0, 0.05) is 11.8 Å². The Balaban J connectivity index is 4.30. The molecule has 0 atom stereocenters. The van der Waals surface area contributed by atoms with Crippen LogP contribution in [0.1, 0.15) is 40.0 Å². The topological polar surface area (TPSA) is 0 Å². The van der Waals surface area contributed by atoms with E-state index in [2.05, 4.69) is 15.9 Å². The Morgan fingerprint density at radius 2 is 1.58 bits per heavy atom. The van der Waals surface area contributed by atoms with E-state index in [1.54, 1.807) is 0 Å². The maximum absolute atomic E-state index is 12.8. The Labute approximate surface area is 81.9 Å². The van der Waals surface area contributed by atoms with Gasteiger partial charge >= 0.3 is 0 Å². The van der Waals surface area contributed by atoms with E-state index >= 15 is 0 Å². The zero-order chi connectivity index (χ0) is 9.83. The van der Waals surface area contributed by atoms with Crippen LogP contribution in [0, 0.1) is 5.41 Å². The Morgan fingerprint density at radius 3 is 1.67 bits per heavy atom. The van der Waals surface area contributed by atoms with E-state index in [4.69, 9.17) is 0 Å². The molecule has 0 amide bonds. The largest absolute Gasteiger partial charge is 0.246 e. The van der Waals surface area contributed by atoms with Crippen molar-refractivity contribution in [3.8, 4) is 0 Å². The second-order valence-corrected chi connectivity index (χ2v) is 4.15. The van der Waals surface area contributed by atoms with Crippen LogP contribution in [0.3, 0.4) is 0 Å². The van der Waals surface area contributed by atoms with Gasteiger partial charge in [0.1, 0.15) is 0 Å². The lowest BCUT2D eigenvalue weighted by atomic mass is 9.79. The van der Waals surface area contributed by atoms with Gasteiger partial charge in [-0.2, -0.15) is 0 Å². The number of rotatable bonds is 5. The van der Waals surface area contributed by atoms with E-state index < -0.39 is 5.92 Å². The fraction of sp³-hybridized carbons (Fsp3) is 1.00. The summed E-state index contributed by atoms with van der Waals surface area (Å²) in [6.07, 6.45) is 1.59. The van der Waals surface area contributed by atoms with Crippen LogP contribution in [0.5, 0.6) is 0 Å². The molecule has 0 fully saturated rings. The van der Waals surface area contributed by atoms with E-state index in [0.717, 1.165) is 19.8 Å². The van der Waals surface area contributed by atoms with Crippen molar-refractivity contribution in [2.45, 2.75) is 46.0 Å². The molecule has 0 saturated heterocycles. The van der Waals surface area contributed by atoms with Gasteiger partial charge in [-0.3, -0.25) is 0 Å². The van der Waals surface area contributed by atoms with Crippen LogP contribution < -0.4 is 0 Å². The number of halogens is 3. The molecule has 0 aliphatic heterocycles. The van der Waals surface area contributed by atoms with Gasteiger partial charge in [0.05, 0.1) is 0 Å². The van der Waals surface area contributed by atoms with E-state index in [9.17, 15) is 8.78 Å². The molecule has 12 heavy (non-hydrogen) atoms. The van der Waals surface area contributed by atoms with Crippen molar-refractivity contribution in [1.82, 2.24) is 0 Å². The summed E-state index contributed by atoms with van der Waals surface area (Å²) in [6.45, 7) is 4.93. The number of alkyl halides is 3. The van der Waals surface area contributed by atoms with E-state index in [-0.39, 0.29) is 11.8 Å². The standard InChI is InChI=1S/C9H17BrF2/c1-4-9(5-2,7-10)6-8(3,11)12/h4-7H2,1-3H3. The summed E-state index contributed by atoms with van der Waals surface area (Å²) >= 11 is 3.31. The van der Waals surface area contributed by atoms with Crippen LogP contribution in [0.2, 0.25) is 0 Å². The number of hydrogen-bond donors (Lipinski definition) is 0. The molecule has 0 aromatic heterocycles. The second-order valence-electron chi connectivity index (χ2n) is 3.59. The second kappa shape index (κ2) is 4.54. The lowest BCUT2D eigenvalue weighted by Gasteiger charge is -2.32. The van der Waals surface area contributed by atoms with Crippen LogP contribution in [0.15, 0.2) is 0 Å². The van der Waals surface area contributed by atoms with Gasteiger partial charge in [0.2, 0.25) is 5.92 Å². The van der Waals surface area contributed by atoms with Crippen molar-refractivity contribution >= 4 is 15.9 Å². The summed E-state index contributed by atoms with van der Waals surface area (Å²) in [5.74, 6) is -2.54. The SMILES string of the molecule is CCC(CC)(CBr)CC(C)(F)F. The van der Waals surface area contributed by atoms with Crippen LogP contribution in [-0.2, 0) is 0 Å². The Morgan fingerprint density at radius 1 is 1.17 bits per heavy atom. The highest BCUT2D eigenvalue weighted by atomic mass is 79.9. The van der Waals surface area contributed by atoms with Crippen LogP contribution in [-0.4, -0.2) is 11.3 Å². The molecule has 0 aliphatic rings. The third-order valence-corrected chi connectivity index (χ3v) is 3.66. The molecule has 0 bridgehead atoms. The molecule has 0 aromatic carbocycles. The predicted molar refractivity (Wildman–Crippen MR) is 52.0 cm³/mol.